The predicted octanol–water partition coefficient (Wildman–Crippen LogP) is 2.21. The van der Waals surface area contributed by atoms with Crippen LogP contribution in [-0.4, -0.2) is 174 Å². The molecule has 0 spiro atoms. The SMILES string of the molecule is CC[C@H]1OC(=O)C[C@@H](O)[C@@H](C)[C@@H](O[C@H]2O[C@@H](C)[C@H](O[C@H]3C[C@@](C)(O)[C@H](O)[C@@H](C)O3)[C@@H](N(C)C)[C@@H]2O)[C@H](CC=O)C[C@H](C)C(=O)/C=C/C(C)=C/[C@@H]1CO[C@H]1C[C@@H](OC)[C@H](O)[C@@H](C)O1. The summed E-state index contributed by atoms with van der Waals surface area (Å²) in [5, 5.41) is 55.5. The highest BCUT2D eigenvalue weighted by Crippen LogP contribution is 2.37. The molecule has 17 nitrogen and oxygen atoms in total. The minimum absolute atomic E-state index is 0.0314. The average Bonchev–Trinajstić information content (AvgIpc) is 3.20. The van der Waals surface area contributed by atoms with Gasteiger partial charge in [0.15, 0.2) is 24.7 Å². The maximum Gasteiger partial charge on any atom is 0.308 e. The number of carbonyl (C=O) groups excluding carboxylic acids is 3. The number of carbonyl (C=O) groups is 3. The number of ether oxygens (including phenoxy) is 8. The first-order valence-corrected chi connectivity index (χ1v) is 22.2. The Morgan fingerprint density at radius 2 is 1.58 bits per heavy atom. The Morgan fingerprint density at radius 1 is 0.903 bits per heavy atom. The Kier molecular flexibility index (Phi) is 19.7. The van der Waals surface area contributed by atoms with Gasteiger partial charge in [-0.3, -0.25) is 9.59 Å². The normalized spacial score (nSPS) is 45.8. The van der Waals surface area contributed by atoms with Gasteiger partial charge in [-0.15, -0.1) is 0 Å². The number of allylic oxidation sites excluding steroid dienone is 3. The molecule has 4 aliphatic heterocycles. The summed E-state index contributed by atoms with van der Waals surface area (Å²) in [6, 6.07) is -0.740. The monoisotopic (exact) mass is 886 g/mol. The number of methoxy groups -OCH3 is 1. The number of ketones is 1. The molecular formula is C45H75NO16. The third-order valence-electron chi connectivity index (χ3n) is 13.1. The second-order valence-electron chi connectivity index (χ2n) is 18.4. The van der Waals surface area contributed by atoms with Crippen LogP contribution in [0.3, 0.4) is 0 Å². The highest BCUT2D eigenvalue weighted by molar-refractivity contribution is 5.91. The van der Waals surface area contributed by atoms with Gasteiger partial charge in [-0.05, 0) is 73.5 Å². The fraction of sp³-hybridized carbons (Fsp3) is 0.844. The number of nitrogens with zero attached hydrogens (tertiary/aromatic N) is 1. The van der Waals surface area contributed by atoms with Crippen molar-refractivity contribution in [2.45, 2.75) is 192 Å². The second-order valence-corrected chi connectivity index (χ2v) is 18.4. The molecule has 0 aromatic carbocycles. The Hall–Kier alpha value is -2.23. The smallest absolute Gasteiger partial charge is 0.308 e. The lowest BCUT2D eigenvalue weighted by Crippen LogP contribution is -2.65. The zero-order valence-corrected chi connectivity index (χ0v) is 38.4. The number of cyclic esters (lactones) is 1. The molecule has 356 valence electrons. The first-order valence-electron chi connectivity index (χ1n) is 22.2. The van der Waals surface area contributed by atoms with Crippen molar-refractivity contribution in [1.82, 2.24) is 4.90 Å². The molecule has 4 heterocycles. The van der Waals surface area contributed by atoms with Gasteiger partial charge in [0.25, 0.3) is 0 Å². The Balaban J connectivity index is 1.60. The van der Waals surface area contributed by atoms with Crippen LogP contribution in [0.1, 0.15) is 93.9 Å². The first-order chi connectivity index (χ1) is 29.1. The van der Waals surface area contributed by atoms with E-state index in [9.17, 15) is 39.9 Å². The number of esters is 1. The van der Waals surface area contributed by atoms with Gasteiger partial charge in [-0.2, -0.15) is 0 Å². The van der Waals surface area contributed by atoms with Crippen molar-refractivity contribution < 1.29 is 77.8 Å². The second kappa shape index (κ2) is 23.3. The van der Waals surface area contributed by atoms with Gasteiger partial charge in [-0.1, -0.05) is 38.5 Å². The number of aliphatic hydroxyl groups is 5. The molecule has 0 amide bonds. The van der Waals surface area contributed by atoms with Crippen molar-refractivity contribution in [1.29, 1.82) is 0 Å². The van der Waals surface area contributed by atoms with Crippen molar-refractivity contribution in [3.8, 4) is 0 Å². The molecule has 62 heavy (non-hydrogen) atoms. The summed E-state index contributed by atoms with van der Waals surface area (Å²) in [7, 11) is 5.03. The molecular weight excluding hydrogens is 810 g/mol. The van der Waals surface area contributed by atoms with Crippen LogP contribution in [0.2, 0.25) is 0 Å². The van der Waals surface area contributed by atoms with Gasteiger partial charge in [0.05, 0.1) is 61.3 Å². The van der Waals surface area contributed by atoms with Crippen LogP contribution in [0.4, 0.5) is 0 Å². The number of aldehydes is 1. The molecule has 0 aromatic rings. The van der Waals surface area contributed by atoms with Crippen molar-refractivity contribution in [2.24, 2.45) is 23.7 Å². The van der Waals surface area contributed by atoms with E-state index in [-0.39, 0.29) is 38.1 Å². The van der Waals surface area contributed by atoms with Gasteiger partial charge in [-0.25, -0.2) is 0 Å². The molecule has 0 saturated carbocycles. The van der Waals surface area contributed by atoms with Gasteiger partial charge >= 0.3 is 5.97 Å². The van der Waals surface area contributed by atoms with Crippen molar-refractivity contribution in [2.75, 3.05) is 27.8 Å². The van der Waals surface area contributed by atoms with E-state index in [1.54, 1.807) is 59.7 Å². The van der Waals surface area contributed by atoms with Gasteiger partial charge in [0, 0.05) is 44.1 Å². The fourth-order valence-electron chi connectivity index (χ4n) is 9.23. The number of likely N-dealkylation sites (N-methyl/N-ethyl adjacent to an activating group) is 1. The lowest BCUT2D eigenvalue weighted by atomic mass is 9.79. The quantitative estimate of drug-likeness (QED) is 0.140. The third kappa shape index (κ3) is 13.4. The highest BCUT2D eigenvalue weighted by atomic mass is 16.7. The molecule has 20 atom stereocenters. The summed E-state index contributed by atoms with van der Waals surface area (Å²) in [5.41, 5.74) is -0.771. The lowest BCUT2D eigenvalue weighted by Gasteiger charge is -2.50. The van der Waals surface area contributed by atoms with E-state index < -0.39 is 134 Å². The minimum Gasteiger partial charge on any atom is -0.462 e. The van der Waals surface area contributed by atoms with E-state index in [1.807, 2.05) is 19.9 Å². The summed E-state index contributed by atoms with van der Waals surface area (Å²) in [5.74, 6) is -3.43. The summed E-state index contributed by atoms with van der Waals surface area (Å²) in [6.07, 6.45) is -6.42. The standard InChI is InChI=1S/C45H75NO16/c1-12-33-30(22-56-36-20-34(55-11)39(51)26(5)57-36)17-23(2)13-14-31(48)24(3)18-29(15-16-47)41(25(4)32(49)19-35(50)60-33)62-44-40(52)38(46(9)10)42(27(6)59-44)61-37-21-45(8,54)43(53)28(7)58-37/h13-14,16-17,24-30,32-34,36-44,49,51-54H,12,15,18-22H2,1-11H3/b14-13+,23-17+/t24-,25+,26+,27-,28+,29+,30+,32+,33+,34+,36+,37-,38-,39+,40-,41+,42-,43+,44+,45+/m0/s1. The van der Waals surface area contributed by atoms with E-state index >= 15 is 0 Å². The topological polar surface area (TPSA) is 229 Å². The Labute approximate surface area is 367 Å². The van der Waals surface area contributed by atoms with Crippen molar-refractivity contribution in [3.05, 3.63) is 23.8 Å². The molecule has 0 aliphatic carbocycles. The first kappa shape index (κ1) is 52.4. The molecule has 0 radical (unpaired) electrons. The molecule has 5 N–H and O–H groups in total. The molecule has 3 saturated heterocycles. The van der Waals surface area contributed by atoms with Crippen molar-refractivity contribution in [3.63, 3.8) is 0 Å². The fourth-order valence-corrected chi connectivity index (χ4v) is 9.23. The van der Waals surface area contributed by atoms with Crippen LogP contribution in [-0.2, 0) is 52.3 Å². The number of aliphatic hydroxyl groups excluding tert-OH is 4. The van der Waals surface area contributed by atoms with Crippen LogP contribution < -0.4 is 0 Å². The zero-order chi connectivity index (χ0) is 46.2. The molecule has 4 aliphatic rings. The number of hydrogen-bond donors (Lipinski definition) is 5. The van der Waals surface area contributed by atoms with E-state index in [1.165, 1.54) is 20.1 Å². The van der Waals surface area contributed by atoms with Crippen LogP contribution in [0.15, 0.2) is 23.8 Å². The van der Waals surface area contributed by atoms with Crippen LogP contribution in [0.5, 0.6) is 0 Å². The summed E-state index contributed by atoms with van der Waals surface area (Å²) in [6.45, 7) is 13.8. The Bertz CT molecular complexity index is 1510. The van der Waals surface area contributed by atoms with Crippen LogP contribution in [0, 0.1) is 23.7 Å². The predicted molar refractivity (Wildman–Crippen MR) is 224 cm³/mol. The van der Waals surface area contributed by atoms with E-state index in [0.29, 0.717) is 12.0 Å². The highest BCUT2D eigenvalue weighted by Gasteiger charge is 2.51. The van der Waals surface area contributed by atoms with Gasteiger partial charge < -0.3 is 73.1 Å². The van der Waals surface area contributed by atoms with Crippen molar-refractivity contribution >= 4 is 18.0 Å². The van der Waals surface area contributed by atoms with Gasteiger partial charge in [0.1, 0.15) is 36.8 Å². The van der Waals surface area contributed by atoms with Gasteiger partial charge in [0.2, 0.25) is 0 Å². The molecule has 0 unspecified atom stereocenters. The Morgan fingerprint density at radius 3 is 2.19 bits per heavy atom. The maximum atomic E-state index is 13.7. The molecule has 4 rings (SSSR count). The molecule has 0 bridgehead atoms. The summed E-state index contributed by atoms with van der Waals surface area (Å²) < 4.78 is 48.8. The van der Waals surface area contributed by atoms with Crippen LogP contribution >= 0.6 is 0 Å². The third-order valence-corrected chi connectivity index (χ3v) is 13.1. The molecule has 3 fully saturated rings. The van der Waals surface area contributed by atoms with Crippen LogP contribution in [0.25, 0.3) is 0 Å². The maximum absolute atomic E-state index is 13.7. The molecule has 0 aromatic heterocycles. The van der Waals surface area contributed by atoms with E-state index in [2.05, 4.69) is 0 Å². The summed E-state index contributed by atoms with van der Waals surface area (Å²) >= 11 is 0. The number of rotatable bonds is 12. The molecule has 17 heteroatoms. The average molecular weight is 886 g/mol. The summed E-state index contributed by atoms with van der Waals surface area (Å²) in [4.78, 5) is 41.4. The number of hydrogen-bond acceptors (Lipinski definition) is 17. The lowest BCUT2D eigenvalue weighted by molar-refractivity contribution is -0.341. The van der Waals surface area contributed by atoms with E-state index in [0.717, 1.165) is 6.29 Å². The minimum atomic E-state index is -1.48. The zero-order valence-electron chi connectivity index (χ0n) is 38.4. The largest absolute Gasteiger partial charge is 0.462 e. The van der Waals surface area contributed by atoms with E-state index in [4.69, 9.17) is 37.9 Å².